The van der Waals surface area contributed by atoms with Crippen molar-refractivity contribution in [3.8, 4) is 11.1 Å². The van der Waals surface area contributed by atoms with Crippen LogP contribution in [0.5, 0.6) is 0 Å². The van der Waals surface area contributed by atoms with Gasteiger partial charge in [0.25, 0.3) is 5.91 Å². The van der Waals surface area contributed by atoms with Crippen LogP contribution in [0.1, 0.15) is 63.6 Å². The maximum absolute atomic E-state index is 12.3. The van der Waals surface area contributed by atoms with Crippen LogP contribution in [-0.2, 0) is 4.79 Å². The molecule has 0 saturated carbocycles. The Bertz CT molecular complexity index is 1470. The number of pyridine rings is 1. The summed E-state index contributed by atoms with van der Waals surface area (Å²) in [5.41, 5.74) is 7.36. The summed E-state index contributed by atoms with van der Waals surface area (Å²) in [5, 5.41) is 15.0. The number of nitrogens with one attached hydrogen (secondary N) is 1. The molecule has 0 bridgehead atoms. The van der Waals surface area contributed by atoms with Crippen LogP contribution in [0.2, 0.25) is 0 Å². The number of carboxylic acid groups (broad SMARTS) is 1. The predicted octanol–water partition coefficient (Wildman–Crippen LogP) is 6.60. The third kappa shape index (κ3) is 6.62. The van der Waals surface area contributed by atoms with Crippen molar-refractivity contribution in [2.45, 2.75) is 45.2 Å². The second kappa shape index (κ2) is 12.3. The highest BCUT2D eigenvalue weighted by atomic mass is 16.4. The van der Waals surface area contributed by atoms with Gasteiger partial charge in [-0.05, 0) is 84.8 Å². The quantitative estimate of drug-likeness (QED) is 0.229. The number of aromatic nitrogens is 1. The lowest BCUT2D eigenvalue weighted by atomic mass is 9.82. The minimum atomic E-state index is -1.09. The van der Waals surface area contributed by atoms with Crippen LogP contribution in [0.3, 0.4) is 0 Å². The highest BCUT2D eigenvalue weighted by molar-refractivity contribution is 5.96. The van der Waals surface area contributed by atoms with Crippen molar-refractivity contribution in [3.05, 3.63) is 130 Å². The zero-order chi connectivity index (χ0) is 27.9. The van der Waals surface area contributed by atoms with Crippen molar-refractivity contribution in [3.63, 3.8) is 0 Å². The van der Waals surface area contributed by atoms with Gasteiger partial charge in [0.2, 0.25) is 0 Å². The maximum atomic E-state index is 12.3. The number of nitrogens with zero attached hydrogens (tertiary/aromatic N) is 2. The van der Waals surface area contributed by atoms with Crippen molar-refractivity contribution in [2.24, 2.45) is 5.18 Å². The number of rotatable bonds is 10. The molecule has 0 aliphatic carbocycles. The van der Waals surface area contributed by atoms with Gasteiger partial charge in [-0.15, -0.1) is 0 Å². The van der Waals surface area contributed by atoms with E-state index < -0.39 is 24.0 Å². The summed E-state index contributed by atoms with van der Waals surface area (Å²) in [6.07, 6.45) is 2.23. The predicted molar refractivity (Wildman–Crippen MR) is 152 cm³/mol. The van der Waals surface area contributed by atoms with Crippen LogP contribution >= 0.6 is 0 Å². The Morgan fingerprint density at radius 3 is 2.13 bits per heavy atom. The standard InChI is InChI=1S/C32H31N3O4/c1-20-6-4-5-7-28(20)29(19-30(35-39)27-16-17-33-21(2)18-27)25-12-8-23(9-13-25)24-10-14-26(15-11-24)31(36)34-22(3)32(37)38/h4-18,22,29-30H,19H2,1-3H3,(H,34,36)(H,37,38)/t22-,29-,30?/m0/s1. The molecule has 0 saturated heterocycles. The number of carbonyl (C=O) groups excluding carboxylic acids is 1. The number of benzene rings is 3. The molecule has 0 aliphatic heterocycles. The molecule has 1 unspecified atom stereocenters. The Morgan fingerprint density at radius 2 is 1.54 bits per heavy atom. The summed E-state index contributed by atoms with van der Waals surface area (Å²) in [6.45, 7) is 5.40. The highest BCUT2D eigenvalue weighted by Crippen LogP contribution is 2.38. The molecule has 1 amide bonds. The van der Waals surface area contributed by atoms with Crippen molar-refractivity contribution in [2.75, 3.05) is 0 Å². The molecule has 39 heavy (non-hydrogen) atoms. The normalized spacial score (nSPS) is 13.2. The van der Waals surface area contributed by atoms with Gasteiger partial charge < -0.3 is 10.4 Å². The van der Waals surface area contributed by atoms with Crippen LogP contribution in [0, 0.1) is 18.8 Å². The van der Waals surface area contributed by atoms with Crippen molar-refractivity contribution >= 4 is 11.9 Å². The monoisotopic (exact) mass is 521 g/mol. The highest BCUT2D eigenvalue weighted by Gasteiger charge is 2.24. The molecule has 7 nitrogen and oxygen atoms in total. The van der Waals surface area contributed by atoms with E-state index in [9.17, 15) is 14.5 Å². The zero-order valence-electron chi connectivity index (χ0n) is 22.2. The molecule has 0 aliphatic rings. The molecule has 0 radical (unpaired) electrons. The number of hydrogen-bond acceptors (Lipinski definition) is 5. The number of carbonyl (C=O) groups is 2. The van der Waals surface area contributed by atoms with E-state index in [1.54, 1.807) is 18.3 Å². The minimum absolute atomic E-state index is 0.0429. The summed E-state index contributed by atoms with van der Waals surface area (Å²) in [5.74, 6) is -1.57. The molecule has 7 heteroatoms. The lowest BCUT2D eigenvalue weighted by molar-refractivity contribution is -0.138. The molecule has 3 aromatic carbocycles. The second-order valence-electron chi connectivity index (χ2n) is 9.73. The van der Waals surface area contributed by atoms with Gasteiger partial charge in [-0.2, -0.15) is 4.91 Å². The fraction of sp³-hybridized carbons (Fsp3) is 0.219. The van der Waals surface area contributed by atoms with E-state index in [0.29, 0.717) is 12.0 Å². The number of amides is 1. The van der Waals surface area contributed by atoms with Gasteiger partial charge in [-0.25, -0.2) is 0 Å². The lowest BCUT2D eigenvalue weighted by Crippen LogP contribution is -2.38. The molecule has 2 N–H and O–H groups in total. The van der Waals surface area contributed by atoms with E-state index in [2.05, 4.69) is 46.7 Å². The van der Waals surface area contributed by atoms with Gasteiger partial charge in [0.15, 0.2) is 0 Å². The van der Waals surface area contributed by atoms with Crippen LogP contribution in [0.15, 0.2) is 96.3 Å². The first kappa shape index (κ1) is 27.4. The fourth-order valence-corrected chi connectivity index (χ4v) is 4.72. The second-order valence-corrected chi connectivity index (χ2v) is 9.73. The first-order chi connectivity index (χ1) is 18.8. The number of aliphatic carboxylic acids is 1. The lowest BCUT2D eigenvalue weighted by Gasteiger charge is -2.23. The average Bonchev–Trinajstić information content (AvgIpc) is 2.94. The summed E-state index contributed by atoms with van der Waals surface area (Å²) >= 11 is 0. The Kier molecular flexibility index (Phi) is 8.61. The molecular weight excluding hydrogens is 490 g/mol. The fourth-order valence-electron chi connectivity index (χ4n) is 4.72. The minimum Gasteiger partial charge on any atom is -0.480 e. The maximum Gasteiger partial charge on any atom is 0.325 e. The van der Waals surface area contributed by atoms with E-state index in [1.165, 1.54) is 6.92 Å². The SMILES string of the molecule is Cc1cc(C(C[C@@H](c2ccc(-c3ccc(C(=O)N[C@@H](C)C(=O)O)cc3)cc2)c2ccccc2C)N=O)ccn1. The summed E-state index contributed by atoms with van der Waals surface area (Å²) in [7, 11) is 0. The van der Waals surface area contributed by atoms with Crippen molar-refractivity contribution in [1.82, 2.24) is 10.3 Å². The van der Waals surface area contributed by atoms with Gasteiger partial charge in [0, 0.05) is 23.4 Å². The number of carboxylic acids is 1. The Labute approximate surface area is 227 Å². The average molecular weight is 522 g/mol. The molecule has 198 valence electrons. The molecule has 3 atom stereocenters. The molecule has 0 spiro atoms. The number of aryl methyl sites for hydroxylation is 2. The first-order valence-electron chi connectivity index (χ1n) is 12.8. The Balaban J connectivity index is 1.60. The summed E-state index contributed by atoms with van der Waals surface area (Å²) in [4.78, 5) is 39.6. The number of nitroso groups, excluding NO2 is 1. The summed E-state index contributed by atoms with van der Waals surface area (Å²) < 4.78 is 0. The van der Waals surface area contributed by atoms with Gasteiger partial charge in [-0.3, -0.25) is 14.6 Å². The van der Waals surface area contributed by atoms with Gasteiger partial charge in [0.05, 0.1) is 0 Å². The molecule has 0 fully saturated rings. The van der Waals surface area contributed by atoms with E-state index >= 15 is 0 Å². The van der Waals surface area contributed by atoms with Crippen LogP contribution < -0.4 is 5.32 Å². The zero-order valence-corrected chi connectivity index (χ0v) is 22.2. The summed E-state index contributed by atoms with van der Waals surface area (Å²) in [6, 6.07) is 25.7. The first-order valence-corrected chi connectivity index (χ1v) is 12.8. The third-order valence-electron chi connectivity index (χ3n) is 6.97. The van der Waals surface area contributed by atoms with Crippen LogP contribution in [0.25, 0.3) is 11.1 Å². The third-order valence-corrected chi connectivity index (χ3v) is 6.97. The van der Waals surface area contributed by atoms with Crippen molar-refractivity contribution in [1.29, 1.82) is 0 Å². The van der Waals surface area contributed by atoms with Gasteiger partial charge in [0.1, 0.15) is 12.1 Å². The molecular formula is C32H31N3O4. The van der Waals surface area contributed by atoms with E-state index in [4.69, 9.17) is 5.11 Å². The van der Waals surface area contributed by atoms with E-state index in [-0.39, 0.29) is 5.92 Å². The molecule has 1 aromatic heterocycles. The van der Waals surface area contributed by atoms with Gasteiger partial charge >= 0.3 is 5.97 Å². The van der Waals surface area contributed by atoms with Crippen molar-refractivity contribution < 1.29 is 14.7 Å². The Hall–Kier alpha value is -4.65. The van der Waals surface area contributed by atoms with Gasteiger partial charge in [-0.1, -0.05) is 65.8 Å². The molecule has 1 heterocycles. The smallest absolute Gasteiger partial charge is 0.325 e. The number of hydrogen-bond donors (Lipinski definition) is 2. The molecule has 4 aromatic rings. The molecule has 4 rings (SSSR count). The Morgan fingerprint density at radius 1 is 0.897 bits per heavy atom. The largest absolute Gasteiger partial charge is 0.480 e. The van der Waals surface area contributed by atoms with E-state index in [0.717, 1.165) is 39.1 Å². The topological polar surface area (TPSA) is 109 Å². The van der Waals surface area contributed by atoms with Crippen LogP contribution in [-0.4, -0.2) is 28.0 Å². The van der Waals surface area contributed by atoms with E-state index in [1.807, 2.05) is 55.5 Å². The van der Waals surface area contributed by atoms with Crippen LogP contribution in [0.4, 0.5) is 0 Å².